The molecule has 4 heteroatoms. The molecule has 0 aliphatic rings. The van der Waals surface area contributed by atoms with Gasteiger partial charge in [-0.2, -0.15) is 0 Å². The SMILES string of the molecule is O=Cc1sccc1C(=O)c1ccccc1Cl. The molecule has 2 nitrogen and oxygen atoms in total. The van der Waals surface area contributed by atoms with Crippen molar-refractivity contribution in [1.29, 1.82) is 0 Å². The van der Waals surface area contributed by atoms with Crippen molar-refractivity contribution in [2.75, 3.05) is 0 Å². The normalized spacial score (nSPS) is 10.1. The molecule has 1 heterocycles. The molecule has 2 aromatic rings. The minimum atomic E-state index is -0.214. The minimum Gasteiger partial charge on any atom is -0.297 e. The number of halogens is 1. The summed E-state index contributed by atoms with van der Waals surface area (Å²) in [6.45, 7) is 0. The van der Waals surface area contributed by atoms with E-state index in [9.17, 15) is 9.59 Å². The van der Waals surface area contributed by atoms with Crippen LogP contribution in [0.25, 0.3) is 0 Å². The van der Waals surface area contributed by atoms with E-state index in [0.717, 1.165) is 0 Å². The van der Waals surface area contributed by atoms with Gasteiger partial charge in [0.05, 0.1) is 9.90 Å². The van der Waals surface area contributed by atoms with Gasteiger partial charge in [0.2, 0.25) is 0 Å². The lowest BCUT2D eigenvalue weighted by atomic mass is 10.0. The summed E-state index contributed by atoms with van der Waals surface area (Å²) >= 11 is 7.17. The molecule has 0 saturated carbocycles. The Morgan fingerprint density at radius 3 is 2.62 bits per heavy atom. The third-order valence-corrected chi connectivity index (χ3v) is 3.34. The predicted molar refractivity (Wildman–Crippen MR) is 64.6 cm³/mol. The highest BCUT2D eigenvalue weighted by atomic mass is 35.5. The molecule has 0 unspecified atom stereocenters. The molecule has 0 aliphatic carbocycles. The molecule has 1 aromatic heterocycles. The van der Waals surface area contributed by atoms with E-state index in [-0.39, 0.29) is 5.78 Å². The van der Waals surface area contributed by atoms with Gasteiger partial charge in [0.15, 0.2) is 12.1 Å². The van der Waals surface area contributed by atoms with Crippen LogP contribution in [0.1, 0.15) is 25.6 Å². The van der Waals surface area contributed by atoms with Crippen molar-refractivity contribution in [2.24, 2.45) is 0 Å². The van der Waals surface area contributed by atoms with Gasteiger partial charge >= 0.3 is 0 Å². The molecule has 0 spiro atoms. The summed E-state index contributed by atoms with van der Waals surface area (Å²) < 4.78 is 0. The number of carbonyl (C=O) groups is 2. The second-order valence-corrected chi connectivity index (χ2v) is 4.48. The van der Waals surface area contributed by atoms with Crippen molar-refractivity contribution in [2.45, 2.75) is 0 Å². The second kappa shape index (κ2) is 4.60. The molecule has 0 saturated heterocycles. The summed E-state index contributed by atoms with van der Waals surface area (Å²) in [5, 5.41) is 2.11. The average molecular weight is 251 g/mol. The van der Waals surface area contributed by atoms with E-state index in [1.165, 1.54) is 11.3 Å². The minimum absolute atomic E-state index is 0.214. The van der Waals surface area contributed by atoms with E-state index in [1.54, 1.807) is 35.7 Å². The monoisotopic (exact) mass is 250 g/mol. The number of thiophene rings is 1. The van der Waals surface area contributed by atoms with E-state index in [0.29, 0.717) is 27.3 Å². The smallest absolute Gasteiger partial charge is 0.196 e. The zero-order valence-electron chi connectivity index (χ0n) is 8.14. The molecule has 16 heavy (non-hydrogen) atoms. The molecular weight excluding hydrogens is 244 g/mol. The van der Waals surface area contributed by atoms with E-state index in [2.05, 4.69) is 0 Å². The molecule has 0 N–H and O–H groups in total. The first-order valence-electron chi connectivity index (χ1n) is 4.56. The maximum Gasteiger partial charge on any atom is 0.196 e. The third kappa shape index (κ3) is 1.92. The Bertz CT molecular complexity index is 545. The van der Waals surface area contributed by atoms with Crippen molar-refractivity contribution >= 4 is 35.0 Å². The summed E-state index contributed by atoms with van der Waals surface area (Å²) in [7, 11) is 0. The highest BCUT2D eigenvalue weighted by molar-refractivity contribution is 7.12. The predicted octanol–water partition coefficient (Wildman–Crippen LogP) is 3.45. The fourth-order valence-corrected chi connectivity index (χ4v) is 2.31. The first kappa shape index (κ1) is 11.0. The van der Waals surface area contributed by atoms with Crippen molar-refractivity contribution in [3.63, 3.8) is 0 Å². The number of hydrogen-bond donors (Lipinski definition) is 0. The van der Waals surface area contributed by atoms with Gasteiger partial charge in [0.1, 0.15) is 0 Å². The summed E-state index contributed by atoms with van der Waals surface area (Å²) in [6.07, 6.45) is 0.689. The van der Waals surface area contributed by atoms with Crippen LogP contribution in [0.5, 0.6) is 0 Å². The Morgan fingerprint density at radius 1 is 1.19 bits per heavy atom. The molecule has 80 valence electrons. The Kier molecular flexibility index (Phi) is 3.17. The van der Waals surface area contributed by atoms with Crippen molar-refractivity contribution in [3.8, 4) is 0 Å². The van der Waals surface area contributed by atoms with Gasteiger partial charge < -0.3 is 0 Å². The topological polar surface area (TPSA) is 34.1 Å². The summed E-state index contributed by atoms with van der Waals surface area (Å²) in [5.41, 5.74) is 0.832. The summed E-state index contributed by atoms with van der Waals surface area (Å²) in [6, 6.07) is 8.44. The Balaban J connectivity index is 2.47. The fourth-order valence-electron chi connectivity index (χ4n) is 1.39. The summed E-state index contributed by atoms with van der Waals surface area (Å²) in [5.74, 6) is -0.214. The Morgan fingerprint density at radius 2 is 1.94 bits per heavy atom. The number of carbonyl (C=O) groups excluding carboxylic acids is 2. The largest absolute Gasteiger partial charge is 0.297 e. The molecule has 2 rings (SSSR count). The van der Waals surface area contributed by atoms with Gasteiger partial charge in [0, 0.05) is 11.1 Å². The van der Waals surface area contributed by atoms with Gasteiger partial charge in [-0.3, -0.25) is 9.59 Å². The van der Waals surface area contributed by atoms with Crippen LogP contribution >= 0.6 is 22.9 Å². The molecule has 0 radical (unpaired) electrons. The number of aldehydes is 1. The van der Waals surface area contributed by atoms with Crippen LogP contribution in [0.3, 0.4) is 0 Å². The zero-order chi connectivity index (χ0) is 11.5. The van der Waals surface area contributed by atoms with E-state index < -0.39 is 0 Å². The first-order valence-corrected chi connectivity index (χ1v) is 5.81. The lowest BCUT2D eigenvalue weighted by Crippen LogP contribution is -2.02. The number of hydrogen-bond acceptors (Lipinski definition) is 3. The third-order valence-electron chi connectivity index (χ3n) is 2.17. The van der Waals surface area contributed by atoms with Crippen molar-refractivity contribution < 1.29 is 9.59 Å². The van der Waals surface area contributed by atoms with Gasteiger partial charge in [-0.25, -0.2) is 0 Å². The quantitative estimate of drug-likeness (QED) is 0.618. The lowest BCUT2D eigenvalue weighted by molar-refractivity contribution is 0.103. The molecule has 0 amide bonds. The number of benzene rings is 1. The molecule has 0 fully saturated rings. The van der Waals surface area contributed by atoms with Crippen LogP contribution < -0.4 is 0 Å². The van der Waals surface area contributed by atoms with E-state index in [1.807, 2.05) is 0 Å². The summed E-state index contributed by atoms with van der Waals surface area (Å²) in [4.78, 5) is 23.2. The Labute approximate surface area is 101 Å². The van der Waals surface area contributed by atoms with Crippen LogP contribution in [-0.2, 0) is 0 Å². The molecule has 1 aromatic carbocycles. The zero-order valence-corrected chi connectivity index (χ0v) is 9.72. The van der Waals surface area contributed by atoms with E-state index in [4.69, 9.17) is 11.6 Å². The fraction of sp³-hybridized carbons (Fsp3) is 0. The molecular formula is C12H7ClO2S. The number of rotatable bonds is 3. The van der Waals surface area contributed by atoms with Gasteiger partial charge in [0.25, 0.3) is 0 Å². The van der Waals surface area contributed by atoms with Gasteiger partial charge in [-0.05, 0) is 23.6 Å². The van der Waals surface area contributed by atoms with Crippen molar-refractivity contribution in [3.05, 3.63) is 56.7 Å². The van der Waals surface area contributed by atoms with Crippen LogP contribution in [0.15, 0.2) is 35.7 Å². The molecule has 0 bridgehead atoms. The lowest BCUT2D eigenvalue weighted by Gasteiger charge is -2.01. The maximum absolute atomic E-state index is 12.1. The van der Waals surface area contributed by atoms with Gasteiger partial charge in [-0.15, -0.1) is 11.3 Å². The Hall–Kier alpha value is -1.45. The van der Waals surface area contributed by atoms with E-state index >= 15 is 0 Å². The highest BCUT2D eigenvalue weighted by Gasteiger charge is 2.16. The van der Waals surface area contributed by atoms with Crippen LogP contribution in [0.4, 0.5) is 0 Å². The first-order chi connectivity index (χ1) is 7.74. The second-order valence-electron chi connectivity index (χ2n) is 3.13. The molecule has 0 atom stereocenters. The average Bonchev–Trinajstić information content (AvgIpc) is 2.77. The maximum atomic E-state index is 12.1. The number of ketones is 1. The van der Waals surface area contributed by atoms with Crippen LogP contribution in [0, 0.1) is 0 Å². The van der Waals surface area contributed by atoms with Crippen molar-refractivity contribution in [1.82, 2.24) is 0 Å². The van der Waals surface area contributed by atoms with Crippen LogP contribution in [0.2, 0.25) is 5.02 Å². The highest BCUT2D eigenvalue weighted by Crippen LogP contribution is 2.23. The van der Waals surface area contributed by atoms with Crippen LogP contribution in [-0.4, -0.2) is 12.1 Å². The van der Waals surface area contributed by atoms with Gasteiger partial charge in [-0.1, -0.05) is 23.7 Å². The standard InChI is InChI=1S/C12H7ClO2S/c13-10-4-2-1-3-8(10)12(15)9-5-6-16-11(9)7-14/h1-7H. The molecule has 0 aliphatic heterocycles.